The van der Waals surface area contributed by atoms with E-state index in [1.165, 1.54) is 11.1 Å². The molecule has 36 heavy (non-hydrogen) atoms. The van der Waals surface area contributed by atoms with E-state index in [1.54, 1.807) is 0 Å². The van der Waals surface area contributed by atoms with Gasteiger partial charge in [0.25, 0.3) is 0 Å². The van der Waals surface area contributed by atoms with Gasteiger partial charge in [0.1, 0.15) is 0 Å². The highest BCUT2D eigenvalue weighted by Gasteiger charge is 2.42. The largest absolute Gasteiger partial charge is 0.550 e. The van der Waals surface area contributed by atoms with E-state index in [-0.39, 0.29) is 11.8 Å². The van der Waals surface area contributed by atoms with Gasteiger partial charge in [0.2, 0.25) is 0 Å². The van der Waals surface area contributed by atoms with Gasteiger partial charge in [0.05, 0.1) is 11.2 Å². The van der Waals surface area contributed by atoms with Gasteiger partial charge in [-0.3, -0.25) is 0 Å². The first kappa shape index (κ1) is 24.3. The van der Waals surface area contributed by atoms with Crippen molar-refractivity contribution in [3.63, 3.8) is 0 Å². The van der Waals surface area contributed by atoms with Crippen LogP contribution in [0.3, 0.4) is 0 Å². The summed E-state index contributed by atoms with van der Waals surface area (Å²) in [5.41, 5.74) is 5.62. The lowest BCUT2D eigenvalue weighted by atomic mass is 10.0. The molecule has 1 aliphatic rings. The van der Waals surface area contributed by atoms with Crippen LogP contribution >= 0.6 is 11.8 Å². The van der Waals surface area contributed by atoms with E-state index >= 15 is 0 Å². The molecule has 4 aromatic rings. The summed E-state index contributed by atoms with van der Waals surface area (Å²) in [5.74, 6) is -0.0648. The molecule has 4 heteroatoms. The Kier molecular flexibility index (Phi) is 7.52. The highest BCUT2D eigenvalue weighted by molar-refractivity contribution is 7.99. The van der Waals surface area contributed by atoms with Crippen molar-refractivity contribution < 1.29 is 9.90 Å². The fourth-order valence-electron chi connectivity index (χ4n) is 4.64. The highest BCUT2D eigenvalue weighted by atomic mass is 32.2. The van der Waals surface area contributed by atoms with Gasteiger partial charge in [-0.2, -0.15) is 11.8 Å². The molecular weight excluding hydrogens is 462 g/mol. The Morgan fingerprint density at radius 2 is 1.75 bits per heavy atom. The molecule has 0 amide bonds. The zero-order chi connectivity index (χ0) is 24.8. The monoisotopic (exact) mass is 492 g/mol. The van der Waals surface area contributed by atoms with Crippen molar-refractivity contribution >= 4 is 40.8 Å². The molecule has 0 saturated heterocycles. The molecule has 3 aromatic carbocycles. The van der Waals surface area contributed by atoms with Crippen LogP contribution in [0.25, 0.3) is 23.1 Å². The number of hydrogen-bond acceptors (Lipinski definition) is 4. The molecular formula is C32H30NO2S-. The van der Waals surface area contributed by atoms with E-state index in [1.807, 2.05) is 42.1 Å². The van der Waals surface area contributed by atoms with Crippen LogP contribution in [0.1, 0.15) is 53.3 Å². The number of nitrogens with zero attached hydrogens (tertiary/aromatic N) is 1. The number of hydrogen-bond donors (Lipinski definition) is 0. The summed E-state index contributed by atoms with van der Waals surface area (Å²) in [5, 5.41) is 12.7. The number of benzene rings is 3. The lowest BCUT2D eigenvalue weighted by molar-refractivity contribution is -0.307. The molecule has 1 heterocycles. The summed E-state index contributed by atoms with van der Waals surface area (Å²) >= 11 is 1.90. The second-order valence-electron chi connectivity index (χ2n) is 9.80. The maximum absolute atomic E-state index is 11.3. The number of carbonyl (C=O) groups excluding carboxylic acids is 1. The number of para-hydroxylation sites is 1. The van der Waals surface area contributed by atoms with Crippen LogP contribution in [-0.4, -0.2) is 16.7 Å². The molecule has 0 spiro atoms. The van der Waals surface area contributed by atoms with Crippen LogP contribution in [0.4, 0.5) is 0 Å². The van der Waals surface area contributed by atoms with Crippen molar-refractivity contribution in [3.05, 3.63) is 113 Å². The summed E-state index contributed by atoms with van der Waals surface area (Å²) in [6, 6.07) is 31.6. The van der Waals surface area contributed by atoms with Crippen LogP contribution in [0.15, 0.2) is 91.0 Å². The molecule has 0 bridgehead atoms. The highest BCUT2D eigenvalue weighted by Crippen LogP contribution is 2.53. The Balaban J connectivity index is 1.33. The zero-order valence-corrected chi connectivity index (χ0v) is 21.1. The Morgan fingerprint density at radius 3 is 2.56 bits per heavy atom. The second kappa shape index (κ2) is 11.1. The summed E-state index contributed by atoms with van der Waals surface area (Å²) in [6.45, 7) is 0. The molecule has 1 aromatic heterocycles. The van der Waals surface area contributed by atoms with Crippen LogP contribution in [0.2, 0.25) is 0 Å². The lowest BCUT2D eigenvalue weighted by Crippen LogP contribution is -2.26. The standard InChI is InChI=1S/C32H31NO2S/c34-31(35)22-32(19-20-32)23-36-30(18-14-24-7-2-1-3-8-24)27-11-6-9-25(21-27)13-16-28-17-15-26-10-4-5-12-29(26)33-28/h1-13,15-17,21,30H,14,18-20,22-23H2,(H,34,35)/p-1/b16-13+/t30-/m1/s1. The minimum atomic E-state index is -0.927. The van der Waals surface area contributed by atoms with Crippen molar-refractivity contribution in [1.82, 2.24) is 4.98 Å². The quantitative estimate of drug-likeness (QED) is 0.233. The fraction of sp³-hybridized carbons (Fsp3) is 0.250. The normalized spacial score (nSPS) is 15.2. The predicted octanol–water partition coefficient (Wildman–Crippen LogP) is 6.73. The molecule has 0 unspecified atom stereocenters. The van der Waals surface area contributed by atoms with Crippen molar-refractivity contribution in [2.75, 3.05) is 5.75 Å². The van der Waals surface area contributed by atoms with Crippen LogP contribution in [-0.2, 0) is 11.2 Å². The number of pyridine rings is 1. The smallest absolute Gasteiger partial charge is 0.0709 e. The van der Waals surface area contributed by atoms with Crippen LogP contribution in [0.5, 0.6) is 0 Å². The summed E-state index contributed by atoms with van der Waals surface area (Å²) in [4.78, 5) is 16.0. The molecule has 0 N–H and O–H groups in total. The van der Waals surface area contributed by atoms with Gasteiger partial charge in [-0.1, -0.05) is 84.9 Å². The lowest BCUT2D eigenvalue weighted by Gasteiger charge is -2.22. The number of thioether (sulfide) groups is 1. The van der Waals surface area contributed by atoms with Gasteiger partial charge in [0, 0.05) is 16.6 Å². The molecule has 1 saturated carbocycles. The van der Waals surface area contributed by atoms with Crippen molar-refractivity contribution in [1.29, 1.82) is 0 Å². The van der Waals surface area contributed by atoms with Crippen LogP contribution < -0.4 is 5.11 Å². The molecule has 182 valence electrons. The number of fused-ring (bicyclic) bond motifs is 1. The SMILES string of the molecule is O=C([O-])CC1(CS[C@H](CCc2ccccc2)c2cccc(/C=C/c3ccc4ccccc4n3)c2)CC1. The molecule has 1 aliphatic carbocycles. The number of aromatic nitrogens is 1. The van der Waals surface area contributed by atoms with Crippen LogP contribution in [0, 0.1) is 5.41 Å². The maximum atomic E-state index is 11.3. The van der Waals surface area contributed by atoms with Gasteiger partial charge in [0.15, 0.2) is 0 Å². The number of rotatable bonds is 11. The fourth-order valence-corrected chi connectivity index (χ4v) is 6.21. The number of aryl methyl sites for hydroxylation is 1. The predicted molar refractivity (Wildman–Crippen MR) is 148 cm³/mol. The van der Waals surface area contributed by atoms with E-state index in [9.17, 15) is 9.90 Å². The summed E-state index contributed by atoms with van der Waals surface area (Å²) < 4.78 is 0. The minimum Gasteiger partial charge on any atom is -0.550 e. The molecule has 3 nitrogen and oxygen atoms in total. The van der Waals surface area contributed by atoms with Crippen molar-refractivity contribution in [3.8, 4) is 0 Å². The Labute approximate surface area is 217 Å². The number of aliphatic carboxylic acids is 1. The summed E-state index contributed by atoms with van der Waals surface area (Å²) in [6.07, 6.45) is 8.34. The average Bonchev–Trinajstić information content (AvgIpc) is 3.66. The average molecular weight is 493 g/mol. The molecule has 0 radical (unpaired) electrons. The minimum absolute atomic E-state index is 0.0756. The Hall–Kier alpha value is -3.37. The molecule has 1 fully saturated rings. The van der Waals surface area contributed by atoms with E-state index in [0.717, 1.165) is 53.6 Å². The Morgan fingerprint density at radius 1 is 0.944 bits per heavy atom. The van der Waals surface area contributed by atoms with Crippen molar-refractivity contribution in [2.24, 2.45) is 5.41 Å². The number of carboxylic acid groups (broad SMARTS) is 1. The van der Waals surface area contributed by atoms with E-state index < -0.39 is 5.97 Å². The third-order valence-electron chi connectivity index (χ3n) is 6.95. The molecule has 0 aliphatic heterocycles. The number of carboxylic acids is 1. The molecule has 5 rings (SSSR count). The second-order valence-corrected chi connectivity index (χ2v) is 11.0. The van der Waals surface area contributed by atoms with E-state index in [4.69, 9.17) is 4.98 Å². The van der Waals surface area contributed by atoms with E-state index in [0.29, 0.717) is 5.25 Å². The van der Waals surface area contributed by atoms with E-state index in [2.05, 4.69) is 72.8 Å². The van der Waals surface area contributed by atoms with Gasteiger partial charge < -0.3 is 9.90 Å². The Bertz CT molecular complexity index is 1360. The number of carbonyl (C=O) groups is 1. The van der Waals surface area contributed by atoms with Gasteiger partial charge in [-0.05, 0) is 78.2 Å². The first-order chi connectivity index (χ1) is 17.6. The molecule has 1 atom stereocenters. The summed E-state index contributed by atoms with van der Waals surface area (Å²) in [7, 11) is 0. The van der Waals surface area contributed by atoms with Gasteiger partial charge >= 0.3 is 0 Å². The maximum Gasteiger partial charge on any atom is 0.0709 e. The third kappa shape index (κ3) is 6.44. The first-order valence-corrected chi connectivity index (χ1v) is 13.6. The van der Waals surface area contributed by atoms with Crippen molar-refractivity contribution in [2.45, 2.75) is 37.4 Å². The van der Waals surface area contributed by atoms with Gasteiger partial charge in [-0.15, -0.1) is 0 Å². The topological polar surface area (TPSA) is 53.0 Å². The zero-order valence-electron chi connectivity index (χ0n) is 20.3. The first-order valence-electron chi connectivity index (χ1n) is 12.6. The van der Waals surface area contributed by atoms with Gasteiger partial charge in [-0.25, -0.2) is 4.98 Å². The third-order valence-corrected chi connectivity index (χ3v) is 8.64.